The van der Waals surface area contributed by atoms with Crippen molar-refractivity contribution < 1.29 is 14.3 Å². The topological polar surface area (TPSA) is 38.8 Å². The molecular formula is C13H22O3. The first-order chi connectivity index (χ1) is 7.47. The zero-order chi connectivity index (χ0) is 11.8. The second-order valence-corrected chi connectivity index (χ2v) is 6.13. The minimum absolute atomic E-state index is 0.0504. The van der Waals surface area contributed by atoms with Crippen molar-refractivity contribution in [3.63, 3.8) is 0 Å². The summed E-state index contributed by atoms with van der Waals surface area (Å²) in [5.74, 6) is -0.0896. The molecule has 1 aliphatic heterocycles. The summed E-state index contributed by atoms with van der Waals surface area (Å²) >= 11 is 0. The lowest BCUT2D eigenvalue weighted by atomic mass is 9.61. The van der Waals surface area contributed by atoms with Crippen LogP contribution in [0.15, 0.2) is 0 Å². The molecule has 0 amide bonds. The third kappa shape index (κ3) is 2.40. The molecule has 2 unspecified atom stereocenters. The smallest absolute Gasteiger partial charge is 0.306 e. The number of hydrogen-bond donors (Lipinski definition) is 0. The second kappa shape index (κ2) is 4.02. The number of esters is 1. The number of carbonyl (C=O) groups excluding carboxylic acids is 1. The molecule has 1 heterocycles. The molecule has 0 aromatic carbocycles. The van der Waals surface area contributed by atoms with Gasteiger partial charge in [0, 0.05) is 5.41 Å². The highest BCUT2D eigenvalue weighted by Crippen LogP contribution is 2.53. The molecule has 0 radical (unpaired) electrons. The van der Waals surface area contributed by atoms with Crippen molar-refractivity contribution >= 4 is 5.97 Å². The molecule has 16 heavy (non-hydrogen) atoms. The first-order valence-electron chi connectivity index (χ1n) is 6.16. The molecular weight excluding hydrogens is 204 g/mol. The van der Waals surface area contributed by atoms with Crippen LogP contribution in [0.2, 0.25) is 0 Å². The van der Waals surface area contributed by atoms with Gasteiger partial charge in [0.2, 0.25) is 0 Å². The Kier molecular flexibility index (Phi) is 2.99. The lowest BCUT2D eigenvalue weighted by Gasteiger charge is -2.43. The van der Waals surface area contributed by atoms with Gasteiger partial charge in [-0.05, 0) is 24.7 Å². The zero-order valence-corrected chi connectivity index (χ0v) is 10.5. The maximum Gasteiger partial charge on any atom is 0.306 e. The van der Waals surface area contributed by atoms with Gasteiger partial charge in [0.15, 0.2) is 0 Å². The molecule has 2 fully saturated rings. The molecule has 92 valence electrons. The fourth-order valence-corrected chi connectivity index (χ4v) is 3.35. The number of hydrogen-bond acceptors (Lipinski definition) is 3. The Morgan fingerprint density at radius 3 is 2.62 bits per heavy atom. The third-order valence-electron chi connectivity index (χ3n) is 4.10. The number of epoxide rings is 1. The lowest BCUT2D eigenvalue weighted by molar-refractivity contribution is -0.145. The Balaban J connectivity index is 2.11. The molecule has 2 rings (SSSR count). The van der Waals surface area contributed by atoms with E-state index in [1.54, 1.807) is 0 Å². The maximum atomic E-state index is 11.6. The summed E-state index contributed by atoms with van der Waals surface area (Å²) in [6.45, 7) is 5.41. The summed E-state index contributed by atoms with van der Waals surface area (Å²) in [6, 6.07) is 0. The number of rotatable bonds is 3. The molecule has 1 saturated carbocycles. The summed E-state index contributed by atoms with van der Waals surface area (Å²) in [7, 11) is 1.47. The normalized spacial score (nSPS) is 36.8. The number of carbonyl (C=O) groups is 1. The van der Waals surface area contributed by atoms with Crippen molar-refractivity contribution in [3.8, 4) is 0 Å². The van der Waals surface area contributed by atoms with Crippen molar-refractivity contribution in [2.45, 2.75) is 52.1 Å². The highest BCUT2D eigenvalue weighted by Gasteiger charge is 2.52. The predicted molar refractivity (Wildman–Crippen MR) is 61.1 cm³/mol. The van der Waals surface area contributed by atoms with Gasteiger partial charge in [-0.2, -0.15) is 0 Å². The van der Waals surface area contributed by atoms with Gasteiger partial charge in [-0.25, -0.2) is 0 Å². The van der Waals surface area contributed by atoms with Gasteiger partial charge in [-0.3, -0.25) is 4.79 Å². The monoisotopic (exact) mass is 226 g/mol. The summed E-state index contributed by atoms with van der Waals surface area (Å²) < 4.78 is 10.3. The second-order valence-electron chi connectivity index (χ2n) is 6.13. The van der Waals surface area contributed by atoms with E-state index in [9.17, 15) is 4.79 Å². The van der Waals surface area contributed by atoms with Gasteiger partial charge in [-0.15, -0.1) is 0 Å². The molecule has 2 aliphatic rings. The highest BCUT2D eigenvalue weighted by molar-refractivity contribution is 5.70. The SMILES string of the molecule is COC(=O)CC1(C2CO2)CCCC(C)(C)C1. The van der Waals surface area contributed by atoms with Crippen LogP contribution in [0.3, 0.4) is 0 Å². The first kappa shape index (κ1) is 11.9. The van der Waals surface area contributed by atoms with E-state index in [4.69, 9.17) is 9.47 Å². The molecule has 0 aromatic rings. The molecule has 0 N–H and O–H groups in total. The van der Waals surface area contributed by atoms with E-state index in [1.807, 2.05) is 0 Å². The average Bonchev–Trinajstić information content (AvgIpc) is 2.99. The summed E-state index contributed by atoms with van der Waals surface area (Å²) in [5, 5.41) is 0. The molecule has 1 saturated heterocycles. The van der Waals surface area contributed by atoms with Crippen LogP contribution >= 0.6 is 0 Å². The van der Waals surface area contributed by atoms with Crippen LogP contribution in [-0.4, -0.2) is 25.8 Å². The fraction of sp³-hybridized carbons (Fsp3) is 0.923. The van der Waals surface area contributed by atoms with Crippen LogP contribution < -0.4 is 0 Å². The van der Waals surface area contributed by atoms with Crippen molar-refractivity contribution in [1.29, 1.82) is 0 Å². The maximum absolute atomic E-state index is 11.6. The van der Waals surface area contributed by atoms with Crippen LogP contribution in [0.25, 0.3) is 0 Å². The van der Waals surface area contributed by atoms with Crippen molar-refractivity contribution in [3.05, 3.63) is 0 Å². The van der Waals surface area contributed by atoms with Gasteiger partial charge < -0.3 is 9.47 Å². The van der Waals surface area contributed by atoms with Gasteiger partial charge >= 0.3 is 5.97 Å². The Hall–Kier alpha value is -0.570. The van der Waals surface area contributed by atoms with Gasteiger partial charge in [0.25, 0.3) is 0 Å². The zero-order valence-electron chi connectivity index (χ0n) is 10.5. The van der Waals surface area contributed by atoms with Crippen LogP contribution in [-0.2, 0) is 14.3 Å². The molecule has 2 atom stereocenters. The van der Waals surface area contributed by atoms with Gasteiger partial charge in [-0.1, -0.05) is 20.3 Å². The standard InChI is InChI=1S/C13H22O3/c1-12(2)5-4-6-13(9-12,10-8-16-10)7-11(14)15-3/h10H,4-9H2,1-3H3. The van der Waals surface area contributed by atoms with E-state index >= 15 is 0 Å². The summed E-state index contributed by atoms with van der Waals surface area (Å²) in [4.78, 5) is 11.6. The molecule has 0 aromatic heterocycles. The van der Waals surface area contributed by atoms with Crippen LogP contribution in [0.5, 0.6) is 0 Å². The molecule has 3 nitrogen and oxygen atoms in total. The van der Waals surface area contributed by atoms with E-state index < -0.39 is 0 Å². The molecule has 0 bridgehead atoms. The van der Waals surface area contributed by atoms with Gasteiger partial charge in [0.1, 0.15) is 0 Å². The van der Waals surface area contributed by atoms with E-state index in [2.05, 4.69) is 13.8 Å². The fourth-order valence-electron chi connectivity index (χ4n) is 3.35. The van der Waals surface area contributed by atoms with E-state index in [0.29, 0.717) is 17.9 Å². The number of methoxy groups -OCH3 is 1. The quantitative estimate of drug-likeness (QED) is 0.548. The molecule has 0 spiro atoms. The van der Waals surface area contributed by atoms with E-state index in [0.717, 1.165) is 19.4 Å². The minimum Gasteiger partial charge on any atom is -0.469 e. The first-order valence-corrected chi connectivity index (χ1v) is 6.16. The van der Waals surface area contributed by atoms with E-state index in [-0.39, 0.29) is 11.4 Å². The molecule has 1 aliphatic carbocycles. The van der Waals surface area contributed by atoms with Crippen LogP contribution in [0.4, 0.5) is 0 Å². The van der Waals surface area contributed by atoms with E-state index in [1.165, 1.54) is 20.0 Å². The Morgan fingerprint density at radius 2 is 2.12 bits per heavy atom. The predicted octanol–water partition coefficient (Wildman–Crippen LogP) is 2.53. The summed E-state index contributed by atoms with van der Waals surface area (Å²) in [5.41, 5.74) is 0.382. The third-order valence-corrected chi connectivity index (χ3v) is 4.10. The Bertz CT molecular complexity index is 281. The Labute approximate surface area is 97.5 Å². The summed E-state index contributed by atoms with van der Waals surface area (Å²) in [6.07, 6.45) is 5.46. The lowest BCUT2D eigenvalue weighted by Crippen LogP contribution is -2.39. The Morgan fingerprint density at radius 1 is 1.44 bits per heavy atom. The van der Waals surface area contributed by atoms with Crippen molar-refractivity contribution in [2.75, 3.05) is 13.7 Å². The van der Waals surface area contributed by atoms with Gasteiger partial charge in [0.05, 0.1) is 26.2 Å². The average molecular weight is 226 g/mol. The largest absolute Gasteiger partial charge is 0.469 e. The highest BCUT2D eigenvalue weighted by atomic mass is 16.6. The van der Waals surface area contributed by atoms with Crippen molar-refractivity contribution in [1.82, 2.24) is 0 Å². The van der Waals surface area contributed by atoms with Crippen LogP contribution in [0.1, 0.15) is 46.0 Å². The number of ether oxygens (including phenoxy) is 2. The minimum atomic E-state index is -0.0896. The molecule has 3 heteroatoms. The van der Waals surface area contributed by atoms with Crippen LogP contribution in [0, 0.1) is 10.8 Å². The van der Waals surface area contributed by atoms with Crippen molar-refractivity contribution in [2.24, 2.45) is 10.8 Å².